The first kappa shape index (κ1) is 25.2. The molecule has 0 bridgehead atoms. The lowest BCUT2D eigenvalue weighted by atomic mass is 9.85. The van der Waals surface area contributed by atoms with Gasteiger partial charge in [-0.1, -0.05) is 51.1 Å². The Morgan fingerprint density at radius 1 is 1.08 bits per heavy atom. The molecule has 0 unspecified atom stereocenters. The molecule has 2 heterocycles. The topological polar surface area (TPSA) is 79.7 Å². The van der Waals surface area contributed by atoms with Gasteiger partial charge in [-0.05, 0) is 65.8 Å². The molecular weight excluding hydrogens is 452 g/mol. The van der Waals surface area contributed by atoms with Crippen molar-refractivity contribution in [3.05, 3.63) is 100 Å². The lowest BCUT2D eigenvalue weighted by Gasteiger charge is -2.26. The maximum Gasteiger partial charge on any atom is 0.295 e. The van der Waals surface area contributed by atoms with E-state index in [0.29, 0.717) is 17.9 Å². The van der Waals surface area contributed by atoms with Crippen LogP contribution in [0.2, 0.25) is 0 Å². The number of aromatic nitrogens is 1. The number of aliphatic hydroxyl groups excluding tert-OH is 1. The average Bonchev–Trinajstić information content (AvgIpc) is 3.09. The molecule has 6 nitrogen and oxygen atoms in total. The molecule has 0 saturated carbocycles. The molecule has 0 aliphatic carbocycles. The second kappa shape index (κ2) is 9.97. The number of ether oxygens (including phenoxy) is 1. The van der Waals surface area contributed by atoms with Crippen LogP contribution in [0.3, 0.4) is 0 Å². The van der Waals surface area contributed by atoms with Crippen LogP contribution in [0.1, 0.15) is 61.6 Å². The highest BCUT2D eigenvalue weighted by atomic mass is 16.5. The molecule has 6 heteroatoms. The number of amides is 1. The SMILES string of the molecule is CCOc1ccc(C(O)=C2C(=O)C(=O)N(Cc3cccnc3)[C@H]2c2ccc(C(C)(C)C)cc2)c(C)c1. The van der Waals surface area contributed by atoms with Crippen molar-refractivity contribution in [2.24, 2.45) is 0 Å². The zero-order chi connectivity index (χ0) is 26.0. The highest BCUT2D eigenvalue weighted by Crippen LogP contribution is 2.41. The Morgan fingerprint density at radius 2 is 1.81 bits per heavy atom. The van der Waals surface area contributed by atoms with E-state index in [1.807, 2.05) is 50.2 Å². The van der Waals surface area contributed by atoms with Crippen LogP contribution < -0.4 is 4.74 Å². The molecule has 4 rings (SSSR count). The molecule has 36 heavy (non-hydrogen) atoms. The molecule has 1 aromatic heterocycles. The second-order valence-corrected chi connectivity index (χ2v) is 10.1. The highest BCUT2D eigenvalue weighted by molar-refractivity contribution is 6.46. The Kier molecular flexibility index (Phi) is 6.97. The van der Waals surface area contributed by atoms with Crippen LogP contribution >= 0.6 is 0 Å². The number of hydrogen-bond acceptors (Lipinski definition) is 5. The number of Topliss-reactive ketones (excluding diaryl/α,β-unsaturated/α-hetero) is 1. The van der Waals surface area contributed by atoms with Gasteiger partial charge in [-0.25, -0.2) is 0 Å². The summed E-state index contributed by atoms with van der Waals surface area (Å²) in [7, 11) is 0. The van der Waals surface area contributed by atoms with Crippen molar-refractivity contribution in [3.8, 4) is 5.75 Å². The Morgan fingerprint density at radius 3 is 2.39 bits per heavy atom. The van der Waals surface area contributed by atoms with E-state index in [2.05, 4.69) is 25.8 Å². The first-order chi connectivity index (χ1) is 17.1. The van der Waals surface area contributed by atoms with Gasteiger partial charge in [0.25, 0.3) is 11.7 Å². The monoisotopic (exact) mass is 484 g/mol. The van der Waals surface area contributed by atoms with Gasteiger partial charge < -0.3 is 14.7 Å². The van der Waals surface area contributed by atoms with E-state index in [0.717, 1.165) is 22.3 Å². The zero-order valence-corrected chi connectivity index (χ0v) is 21.4. The van der Waals surface area contributed by atoms with Gasteiger partial charge in [0.15, 0.2) is 0 Å². The van der Waals surface area contributed by atoms with Gasteiger partial charge in [-0.15, -0.1) is 0 Å². The summed E-state index contributed by atoms with van der Waals surface area (Å²) >= 11 is 0. The highest BCUT2D eigenvalue weighted by Gasteiger charge is 2.46. The lowest BCUT2D eigenvalue weighted by molar-refractivity contribution is -0.140. The molecular formula is C30H32N2O4. The standard InChI is InChI=1S/C30H32N2O4/c1-6-36-23-13-14-24(19(2)16-23)27(33)25-26(21-9-11-22(12-10-21)30(3,4)5)32(29(35)28(25)34)18-20-8-7-15-31-17-20/h7-17,26,33H,6,18H2,1-5H3/t26-/m0/s1. The Balaban J connectivity index is 1.85. The van der Waals surface area contributed by atoms with Crippen LogP contribution in [0.15, 0.2) is 72.6 Å². The quantitative estimate of drug-likeness (QED) is 0.275. The number of likely N-dealkylation sites (tertiary alicyclic amines) is 1. The minimum atomic E-state index is -0.731. The number of aliphatic hydroxyl groups is 1. The fourth-order valence-electron chi connectivity index (χ4n) is 4.55. The molecule has 1 atom stereocenters. The number of carbonyl (C=O) groups excluding carboxylic acids is 2. The molecule has 1 aliphatic rings. The summed E-state index contributed by atoms with van der Waals surface area (Å²) < 4.78 is 5.56. The van der Waals surface area contributed by atoms with Crippen LogP contribution in [0.4, 0.5) is 0 Å². The van der Waals surface area contributed by atoms with Crippen molar-refractivity contribution >= 4 is 17.4 Å². The van der Waals surface area contributed by atoms with E-state index in [4.69, 9.17) is 4.74 Å². The van der Waals surface area contributed by atoms with Gasteiger partial charge in [0.2, 0.25) is 0 Å². The minimum Gasteiger partial charge on any atom is -0.507 e. The van der Waals surface area contributed by atoms with E-state index in [1.165, 1.54) is 4.90 Å². The molecule has 1 amide bonds. The third-order valence-electron chi connectivity index (χ3n) is 6.47. The molecule has 1 N–H and O–H groups in total. The maximum atomic E-state index is 13.4. The number of benzene rings is 2. The summed E-state index contributed by atoms with van der Waals surface area (Å²) in [5.41, 5.74) is 3.98. The summed E-state index contributed by atoms with van der Waals surface area (Å²) in [6, 6.07) is 16.1. The lowest BCUT2D eigenvalue weighted by Crippen LogP contribution is -2.29. The van der Waals surface area contributed by atoms with Gasteiger partial charge in [-0.2, -0.15) is 0 Å². The van der Waals surface area contributed by atoms with E-state index < -0.39 is 17.7 Å². The van der Waals surface area contributed by atoms with Crippen molar-refractivity contribution in [2.75, 3.05) is 6.61 Å². The minimum absolute atomic E-state index is 0.0462. The van der Waals surface area contributed by atoms with Gasteiger partial charge >= 0.3 is 0 Å². The fraction of sp³-hybridized carbons (Fsp3) is 0.300. The summed E-state index contributed by atoms with van der Waals surface area (Å²) in [5, 5.41) is 11.4. The van der Waals surface area contributed by atoms with Gasteiger partial charge in [0.05, 0.1) is 18.2 Å². The van der Waals surface area contributed by atoms with E-state index >= 15 is 0 Å². The Hall–Kier alpha value is -3.93. The van der Waals surface area contributed by atoms with Crippen molar-refractivity contribution in [1.29, 1.82) is 0 Å². The van der Waals surface area contributed by atoms with Gasteiger partial charge in [-0.3, -0.25) is 14.6 Å². The van der Waals surface area contributed by atoms with Crippen LogP contribution in [0.25, 0.3) is 5.76 Å². The summed E-state index contributed by atoms with van der Waals surface area (Å²) in [5.74, 6) is -0.853. The van der Waals surface area contributed by atoms with Gasteiger partial charge in [0, 0.05) is 24.5 Å². The molecule has 0 radical (unpaired) electrons. The molecule has 1 fully saturated rings. The van der Waals surface area contributed by atoms with E-state index in [-0.39, 0.29) is 23.3 Å². The van der Waals surface area contributed by atoms with Crippen LogP contribution in [-0.2, 0) is 21.5 Å². The first-order valence-corrected chi connectivity index (χ1v) is 12.1. The van der Waals surface area contributed by atoms with Crippen molar-refractivity contribution in [1.82, 2.24) is 9.88 Å². The predicted octanol–water partition coefficient (Wildman–Crippen LogP) is 5.71. The Labute approximate surface area is 212 Å². The molecule has 2 aromatic carbocycles. The van der Waals surface area contributed by atoms with Crippen molar-refractivity contribution in [2.45, 2.75) is 52.6 Å². The smallest absolute Gasteiger partial charge is 0.295 e. The number of pyridine rings is 1. The fourth-order valence-corrected chi connectivity index (χ4v) is 4.55. The van der Waals surface area contributed by atoms with E-state index in [9.17, 15) is 14.7 Å². The number of rotatable bonds is 6. The molecule has 186 valence electrons. The number of nitrogens with zero attached hydrogens (tertiary/aromatic N) is 2. The van der Waals surface area contributed by atoms with Crippen molar-refractivity contribution in [3.63, 3.8) is 0 Å². The molecule has 1 saturated heterocycles. The van der Waals surface area contributed by atoms with Gasteiger partial charge in [0.1, 0.15) is 11.5 Å². The van der Waals surface area contributed by atoms with Crippen LogP contribution in [0, 0.1) is 6.92 Å². The number of carbonyl (C=O) groups is 2. The second-order valence-electron chi connectivity index (χ2n) is 10.1. The third kappa shape index (κ3) is 4.89. The number of ketones is 1. The molecule has 1 aliphatic heterocycles. The van der Waals surface area contributed by atoms with Crippen LogP contribution in [-0.4, -0.2) is 33.3 Å². The first-order valence-electron chi connectivity index (χ1n) is 12.1. The van der Waals surface area contributed by atoms with Crippen LogP contribution in [0.5, 0.6) is 5.75 Å². The normalized spacial score (nSPS) is 17.5. The summed E-state index contributed by atoms with van der Waals surface area (Å²) in [4.78, 5) is 32.3. The maximum absolute atomic E-state index is 13.4. The number of hydrogen-bond donors (Lipinski definition) is 1. The third-order valence-corrected chi connectivity index (χ3v) is 6.47. The summed E-state index contributed by atoms with van der Waals surface area (Å²) in [6.07, 6.45) is 3.34. The predicted molar refractivity (Wildman–Crippen MR) is 140 cm³/mol. The largest absolute Gasteiger partial charge is 0.507 e. The zero-order valence-electron chi connectivity index (χ0n) is 21.4. The van der Waals surface area contributed by atoms with Crippen molar-refractivity contribution < 1.29 is 19.4 Å². The number of aryl methyl sites for hydroxylation is 1. The summed E-state index contributed by atoms with van der Waals surface area (Å²) in [6.45, 7) is 10.9. The van der Waals surface area contributed by atoms with E-state index in [1.54, 1.807) is 30.6 Å². The average molecular weight is 485 g/mol. The Bertz CT molecular complexity index is 1310. The molecule has 0 spiro atoms. The molecule has 3 aromatic rings.